The molecule has 1 atom stereocenters. The molecule has 88 valence electrons. The Morgan fingerprint density at radius 2 is 2.38 bits per heavy atom. The lowest BCUT2D eigenvalue weighted by molar-refractivity contribution is -0.122. The van der Waals surface area contributed by atoms with Crippen LogP contribution >= 0.6 is 11.3 Å². The van der Waals surface area contributed by atoms with Crippen molar-refractivity contribution in [1.29, 1.82) is 0 Å². The molecule has 1 aromatic rings. The van der Waals surface area contributed by atoms with Crippen LogP contribution in [0.5, 0.6) is 0 Å². The minimum atomic E-state index is -0.181. The number of carbonyl (C=O) groups excluding carboxylic acids is 1. The van der Waals surface area contributed by atoms with Crippen LogP contribution in [-0.2, 0) is 11.3 Å². The Labute approximate surface area is 101 Å². The quantitative estimate of drug-likeness (QED) is 0.742. The third-order valence-corrected chi connectivity index (χ3v) is 3.28. The van der Waals surface area contributed by atoms with Gasteiger partial charge in [0.1, 0.15) is 0 Å². The first-order valence-electron chi connectivity index (χ1n) is 5.28. The summed E-state index contributed by atoms with van der Waals surface area (Å²) in [6.07, 6.45) is 1.67. The third kappa shape index (κ3) is 3.79. The Morgan fingerprint density at radius 1 is 1.62 bits per heavy atom. The number of nitrogens with one attached hydrogen (secondary N) is 2. The molecule has 0 aliphatic rings. The van der Waals surface area contributed by atoms with Crippen molar-refractivity contribution < 1.29 is 4.79 Å². The van der Waals surface area contributed by atoms with Crippen molar-refractivity contribution in [3.63, 3.8) is 0 Å². The van der Waals surface area contributed by atoms with E-state index in [4.69, 9.17) is 0 Å². The molecule has 0 saturated carbocycles. The summed E-state index contributed by atoms with van der Waals surface area (Å²) in [6, 6.07) is -0.181. The van der Waals surface area contributed by atoms with Gasteiger partial charge in [0.2, 0.25) is 5.91 Å². The smallest absolute Gasteiger partial charge is 0.237 e. The van der Waals surface area contributed by atoms with Gasteiger partial charge in [0, 0.05) is 13.1 Å². The summed E-state index contributed by atoms with van der Waals surface area (Å²) in [7, 11) is 0. The second-order valence-electron chi connectivity index (χ2n) is 3.72. The Hall–Kier alpha value is -1.13. The van der Waals surface area contributed by atoms with Crippen LogP contribution in [0.1, 0.15) is 18.1 Å². The van der Waals surface area contributed by atoms with E-state index in [1.165, 1.54) is 11.1 Å². The topological polar surface area (TPSA) is 41.1 Å². The molecule has 0 bridgehead atoms. The van der Waals surface area contributed by atoms with E-state index in [0.29, 0.717) is 6.54 Å². The summed E-state index contributed by atoms with van der Waals surface area (Å²) in [6.45, 7) is 8.75. The predicted molar refractivity (Wildman–Crippen MR) is 68.6 cm³/mol. The maximum absolute atomic E-state index is 11.5. The summed E-state index contributed by atoms with van der Waals surface area (Å²) in [5, 5.41) is 10.2. The molecular formula is C12H18N2OS. The average Bonchev–Trinajstić information content (AvgIpc) is 2.68. The SMILES string of the molecule is C=CCNC(=O)C(C)NCc1cscc1C. The van der Waals surface area contributed by atoms with Crippen LogP contribution in [0.2, 0.25) is 0 Å². The molecule has 0 aromatic carbocycles. The van der Waals surface area contributed by atoms with Gasteiger partial charge >= 0.3 is 0 Å². The van der Waals surface area contributed by atoms with Gasteiger partial charge in [-0.15, -0.1) is 6.58 Å². The van der Waals surface area contributed by atoms with Crippen LogP contribution in [0.4, 0.5) is 0 Å². The summed E-state index contributed by atoms with van der Waals surface area (Å²) >= 11 is 1.69. The molecule has 0 saturated heterocycles. The molecule has 1 heterocycles. The fourth-order valence-corrected chi connectivity index (χ4v) is 2.11. The Bertz CT molecular complexity index is 360. The van der Waals surface area contributed by atoms with Crippen LogP contribution in [0.15, 0.2) is 23.4 Å². The number of rotatable bonds is 6. The molecule has 0 aliphatic heterocycles. The number of aryl methyl sites for hydroxylation is 1. The van der Waals surface area contributed by atoms with Crippen molar-refractivity contribution in [2.75, 3.05) is 6.54 Å². The third-order valence-electron chi connectivity index (χ3n) is 2.37. The maximum Gasteiger partial charge on any atom is 0.237 e. The first kappa shape index (κ1) is 12.9. The lowest BCUT2D eigenvalue weighted by Crippen LogP contribution is -2.41. The zero-order valence-electron chi connectivity index (χ0n) is 9.75. The molecule has 0 radical (unpaired) electrons. The van der Waals surface area contributed by atoms with E-state index < -0.39 is 0 Å². The highest BCUT2D eigenvalue weighted by Crippen LogP contribution is 2.13. The number of hydrogen-bond donors (Lipinski definition) is 2. The highest BCUT2D eigenvalue weighted by atomic mass is 32.1. The highest BCUT2D eigenvalue weighted by molar-refractivity contribution is 7.08. The van der Waals surface area contributed by atoms with E-state index in [-0.39, 0.29) is 11.9 Å². The Morgan fingerprint density at radius 3 is 2.94 bits per heavy atom. The second kappa shape index (κ2) is 6.45. The van der Waals surface area contributed by atoms with Gasteiger partial charge in [0.05, 0.1) is 6.04 Å². The lowest BCUT2D eigenvalue weighted by Gasteiger charge is -2.13. The van der Waals surface area contributed by atoms with Gasteiger partial charge in [-0.05, 0) is 35.7 Å². The zero-order valence-corrected chi connectivity index (χ0v) is 10.6. The molecular weight excluding hydrogens is 220 g/mol. The van der Waals surface area contributed by atoms with Crippen molar-refractivity contribution >= 4 is 17.2 Å². The molecule has 4 heteroatoms. The zero-order chi connectivity index (χ0) is 12.0. The molecule has 2 N–H and O–H groups in total. The van der Waals surface area contributed by atoms with Crippen LogP contribution in [0, 0.1) is 6.92 Å². The second-order valence-corrected chi connectivity index (χ2v) is 4.46. The summed E-state index contributed by atoms with van der Waals surface area (Å²) in [5.74, 6) is 0.00721. The average molecular weight is 238 g/mol. The van der Waals surface area contributed by atoms with Gasteiger partial charge in [0.15, 0.2) is 0 Å². The lowest BCUT2D eigenvalue weighted by atomic mass is 10.2. The Kier molecular flexibility index (Phi) is 5.22. The van der Waals surface area contributed by atoms with Crippen LogP contribution in [0.25, 0.3) is 0 Å². The minimum absolute atomic E-state index is 0.00721. The molecule has 0 spiro atoms. The normalized spacial score (nSPS) is 12.1. The highest BCUT2D eigenvalue weighted by Gasteiger charge is 2.11. The molecule has 1 unspecified atom stereocenters. The minimum Gasteiger partial charge on any atom is -0.351 e. The predicted octanol–water partition coefficient (Wildman–Crippen LogP) is 1.84. The van der Waals surface area contributed by atoms with E-state index in [0.717, 1.165) is 6.54 Å². The summed E-state index contributed by atoms with van der Waals surface area (Å²) < 4.78 is 0. The number of hydrogen-bond acceptors (Lipinski definition) is 3. The van der Waals surface area contributed by atoms with Crippen molar-refractivity contribution in [3.05, 3.63) is 34.5 Å². The first-order chi connectivity index (χ1) is 7.65. The fourth-order valence-electron chi connectivity index (χ4n) is 1.25. The van der Waals surface area contributed by atoms with Gasteiger partial charge in [0.25, 0.3) is 0 Å². The number of amides is 1. The van der Waals surface area contributed by atoms with E-state index >= 15 is 0 Å². The van der Waals surface area contributed by atoms with Crippen LogP contribution in [-0.4, -0.2) is 18.5 Å². The Balaban J connectivity index is 2.35. The number of thiophene rings is 1. The van der Waals surface area contributed by atoms with E-state index in [1.807, 2.05) is 6.92 Å². The molecule has 1 amide bonds. The van der Waals surface area contributed by atoms with Crippen LogP contribution in [0.3, 0.4) is 0 Å². The van der Waals surface area contributed by atoms with Gasteiger partial charge in [-0.1, -0.05) is 6.08 Å². The molecule has 0 fully saturated rings. The van der Waals surface area contributed by atoms with Gasteiger partial charge < -0.3 is 10.6 Å². The largest absolute Gasteiger partial charge is 0.351 e. The maximum atomic E-state index is 11.5. The van der Waals surface area contributed by atoms with Crippen LogP contribution < -0.4 is 10.6 Å². The van der Waals surface area contributed by atoms with Crippen molar-refractivity contribution in [3.8, 4) is 0 Å². The molecule has 3 nitrogen and oxygen atoms in total. The molecule has 0 aliphatic carbocycles. The van der Waals surface area contributed by atoms with Gasteiger partial charge in [-0.2, -0.15) is 11.3 Å². The van der Waals surface area contributed by atoms with E-state index in [9.17, 15) is 4.79 Å². The van der Waals surface area contributed by atoms with Gasteiger partial charge in [-0.25, -0.2) is 0 Å². The van der Waals surface area contributed by atoms with Gasteiger partial charge in [-0.3, -0.25) is 4.79 Å². The summed E-state index contributed by atoms with van der Waals surface area (Å²) in [4.78, 5) is 11.5. The van der Waals surface area contributed by atoms with E-state index in [1.54, 1.807) is 17.4 Å². The first-order valence-corrected chi connectivity index (χ1v) is 6.23. The molecule has 1 rings (SSSR count). The van der Waals surface area contributed by atoms with Crippen molar-refractivity contribution in [2.24, 2.45) is 0 Å². The standard InChI is InChI=1S/C12H18N2OS/c1-4-5-13-12(15)10(3)14-6-11-8-16-7-9(11)2/h4,7-8,10,14H,1,5-6H2,2-3H3,(H,13,15). The number of carbonyl (C=O) groups is 1. The monoisotopic (exact) mass is 238 g/mol. The van der Waals surface area contributed by atoms with Crippen molar-refractivity contribution in [1.82, 2.24) is 10.6 Å². The fraction of sp³-hybridized carbons (Fsp3) is 0.417. The van der Waals surface area contributed by atoms with Crippen molar-refractivity contribution in [2.45, 2.75) is 26.4 Å². The molecule has 1 aromatic heterocycles. The molecule has 16 heavy (non-hydrogen) atoms. The van der Waals surface area contributed by atoms with E-state index in [2.05, 4.69) is 34.9 Å². The summed E-state index contributed by atoms with van der Waals surface area (Å²) in [5.41, 5.74) is 2.53.